The Morgan fingerprint density at radius 1 is 1.26 bits per heavy atom. The number of carbonyl (C=O) groups excluding carboxylic acids is 1. The van der Waals surface area contributed by atoms with Crippen molar-refractivity contribution in [1.82, 2.24) is 20.2 Å². The van der Waals surface area contributed by atoms with Crippen molar-refractivity contribution in [3.63, 3.8) is 0 Å². The van der Waals surface area contributed by atoms with Crippen LogP contribution in [0.2, 0.25) is 0 Å². The van der Waals surface area contributed by atoms with Crippen LogP contribution in [-0.2, 0) is 10.3 Å². The van der Waals surface area contributed by atoms with Gasteiger partial charge < -0.3 is 10.1 Å². The van der Waals surface area contributed by atoms with Crippen LogP contribution in [0.25, 0.3) is 0 Å². The zero-order valence-electron chi connectivity index (χ0n) is 15.8. The number of methoxy groups -OCH3 is 1. The lowest BCUT2D eigenvalue weighted by molar-refractivity contribution is -0.152. The molecule has 0 radical (unpaired) electrons. The van der Waals surface area contributed by atoms with Gasteiger partial charge in [0, 0.05) is 11.8 Å². The van der Waals surface area contributed by atoms with E-state index in [9.17, 15) is 4.79 Å². The molecule has 4 saturated carbocycles. The van der Waals surface area contributed by atoms with E-state index in [0.29, 0.717) is 17.7 Å². The second kappa shape index (κ2) is 5.78. The normalized spacial score (nSPS) is 33.9. The van der Waals surface area contributed by atoms with Crippen LogP contribution >= 0.6 is 0 Å². The number of aromatic nitrogens is 4. The Labute approximate surface area is 158 Å². The Balaban J connectivity index is 1.45. The van der Waals surface area contributed by atoms with Gasteiger partial charge in [-0.25, -0.2) is 0 Å². The summed E-state index contributed by atoms with van der Waals surface area (Å²) in [4.78, 5) is 15.3. The van der Waals surface area contributed by atoms with Crippen molar-refractivity contribution in [2.75, 3.05) is 12.4 Å². The summed E-state index contributed by atoms with van der Waals surface area (Å²) in [7, 11) is 1.64. The van der Waals surface area contributed by atoms with Gasteiger partial charge in [-0.2, -0.15) is 4.80 Å². The number of nitrogens with zero attached hydrogens (tertiary/aromatic N) is 4. The SMILES string of the molecule is COc1cccc(NC(=O)C23CC4CC(C2)CC(n2nnc(C)n2)(C4)C3)c1. The number of amides is 1. The number of ether oxygens (including phenoxy) is 1. The minimum absolute atomic E-state index is 0.131. The maximum absolute atomic E-state index is 13.4. The average molecular weight is 367 g/mol. The molecule has 4 fully saturated rings. The standard InChI is InChI=1S/C20H25N5O2/c1-13-22-24-25(23-13)20-10-14-6-15(11-20)9-19(8-14,12-20)18(26)21-16-4-3-5-17(7-16)27-2/h3-5,7,14-15H,6,8-12H2,1-2H3,(H,21,26). The molecule has 0 saturated heterocycles. The third kappa shape index (κ3) is 2.63. The van der Waals surface area contributed by atoms with Crippen LogP contribution < -0.4 is 10.1 Å². The lowest BCUT2D eigenvalue weighted by atomic mass is 9.46. The highest BCUT2D eigenvalue weighted by Crippen LogP contribution is 2.64. The Morgan fingerprint density at radius 3 is 2.70 bits per heavy atom. The lowest BCUT2D eigenvalue weighted by Crippen LogP contribution is -2.60. The van der Waals surface area contributed by atoms with Crippen molar-refractivity contribution in [2.24, 2.45) is 17.3 Å². The van der Waals surface area contributed by atoms with Crippen LogP contribution in [0.15, 0.2) is 24.3 Å². The third-order valence-corrected chi connectivity index (χ3v) is 6.78. The molecule has 142 valence electrons. The van der Waals surface area contributed by atoms with Gasteiger partial charge in [-0.05, 0) is 74.6 Å². The van der Waals surface area contributed by atoms with Crippen LogP contribution in [0, 0.1) is 24.2 Å². The first kappa shape index (κ1) is 16.7. The highest BCUT2D eigenvalue weighted by Gasteiger charge is 2.62. The second-order valence-corrected chi connectivity index (χ2v) is 8.78. The number of aryl methyl sites for hydroxylation is 1. The van der Waals surface area contributed by atoms with Crippen molar-refractivity contribution in [3.8, 4) is 5.75 Å². The number of nitrogens with one attached hydrogen (secondary N) is 1. The van der Waals surface area contributed by atoms with Crippen molar-refractivity contribution < 1.29 is 9.53 Å². The van der Waals surface area contributed by atoms with Crippen molar-refractivity contribution in [3.05, 3.63) is 30.1 Å². The number of tetrazole rings is 1. The molecule has 4 aliphatic carbocycles. The summed E-state index contributed by atoms with van der Waals surface area (Å²) in [5.74, 6) is 2.70. The molecule has 0 aliphatic heterocycles. The highest BCUT2D eigenvalue weighted by atomic mass is 16.5. The van der Waals surface area contributed by atoms with Gasteiger partial charge in [-0.1, -0.05) is 6.07 Å². The highest BCUT2D eigenvalue weighted by molar-refractivity contribution is 5.96. The largest absolute Gasteiger partial charge is 0.497 e. The zero-order valence-corrected chi connectivity index (χ0v) is 15.8. The number of anilines is 1. The lowest BCUT2D eigenvalue weighted by Gasteiger charge is -2.60. The molecule has 1 aromatic heterocycles. The molecular weight excluding hydrogens is 342 g/mol. The van der Waals surface area contributed by atoms with Gasteiger partial charge in [0.05, 0.1) is 18.1 Å². The molecule has 6 rings (SSSR count). The fourth-order valence-corrected chi connectivity index (χ4v) is 6.16. The maximum Gasteiger partial charge on any atom is 0.230 e. The van der Waals surface area contributed by atoms with Crippen LogP contribution in [0.1, 0.15) is 44.3 Å². The minimum atomic E-state index is -0.339. The Bertz CT molecular complexity index is 878. The van der Waals surface area contributed by atoms with Gasteiger partial charge in [0.2, 0.25) is 5.91 Å². The maximum atomic E-state index is 13.4. The Hall–Kier alpha value is -2.44. The van der Waals surface area contributed by atoms with Crippen LogP contribution in [0.4, 0.5) is 5.69 Å². The van der Waals surface area contributed by atoms with Crippen molar-refractivity contribution in [1.29, 1.82) is 0 Å². The number of carbonyl (C=O) groups is 1. The van der Waals surface area contributed by atoms with E-state index in [4.69, 9.17) is 4.74 Å². The second-order valence-electron chi connectivity index (χ2n) is 8.78. The van der Waals surface area contributed by atoms with Crippen LogP contribution in [0.3, 0.4) is 0 Å². The molecule has 1 N–H and O–H groups in total. The fraction of sp³-hybridized carbons (Fsp3) is 0.600. The molecular formula is C20H25N5O2. The summed E-state index contributed by atoms with van der Waals surface area (Å²) < 4.78 is 5.28. The molecule has 0 spiro atoms. The molecule has 2 unspecified atom stereocenters. The van der Waals surface area contributed by atoms with Gasteiger partial charge in [0.25, 0.3) is 0 Å². The smallest absolute Gasteiger partial charge is 0.230 e. The van der Waals surface area contributed by atoms with E-state index in [1.54, 1.807) is 7.11 Å². The molecule has 1 amide bonds. The van der Waals surface area contributed by atoms with E-state index in [-0.39, 0.29) is 16.9 Å². The molecule has 27 heavy (non-hydrogen) atoms. The number of hydrogen-bond acceptors (Lipinski definition) is 5. The summed E-state index contributed by atoms with van der Waals surface area (Å²) in [5.41, 5.74) is 0.296. The number of hydrogen-bond donors (Lipinski definition) is 1. The number of benzene rings is 1. The molecule has 1 aromatic carbocycles. The van der Waals surface area contributed by atoms with Gasteiger partial charge in [0.1, 0.15) is 5.75 Å². The molecule has 2 atom stereocenters. The quantitative estimate of drug-likeness (QED) is 0.898. The third-order valence-electron chi connectivity index (χ3n) is 6.78. The summed E-state index contributed by atoms with van der Waals surface area (Å²) in [5, 5.41) is 16.1. The molecule has 7 nitrogen and oxygen atoms in total. The summed E-state index contributed by atoms with van der Waals surface area (Å²) in [6, 6.07) is 7.57. The monoisotopic (exact) mass is 367 g/mol. The van der Waals surface area contributed by atoms with Crippen molar-refractivity contribution in [2.45, 2.75) is 51.0 Å². The Morgan fingerprint density at radius 2 is 2.04 bits per heavy atom. The molecule has 4 bridgehead atoms. The summed E-state index contributed by atoms with van der Waals surface area (Å²) >= 11 is 0. The zero-order chi connectivity index (χ0) is 18.6. The van der Waals surface area contributed by atoms with Gasteiger partial charge in [0.15, 0.2) is 5.82 Å². The topological polar surface area (TPSA) is 81.9 Å². The van der Waals surface area contributed by atoms with E-state index in [2.05, 4.69) is 20.7 Å². The predicted molar refractivity (Wildman–Crippen MR) is 99.3 cm³/mol. The Kier molecular flexibility index (Phi) is 3.58. The molecule has 1 heterocycles. The van der Waals surface area contributed by atoms with E-state index in [1.807, 2.05) is 36.0 Å². The minimum Gasteiger partial charge on any atom is -0.497 e. The molecule has 7 heteroatoms. The first-order valence-corrected chi connectivity index (χ1v) is 9.73. The first-order chi connectivity index (χ1) is 13.0. The average Bonchev–Trinajstić information content (AvgIpc) is 3.08. The van der Waals surface area contributed by atoms with Crippen LogP contribution in [-0.4, -0.2) is 33.2 Å². The van der Waals surface area contributed by atoms with Crippen LogP contribution in [0.5, 0.6) is 5.75 Å². The predicted octanol–water partition coefficient (Wildman–Crippen LogP) is 2.92. The summed E-state index contributed by atoms with van der Waals surface area (Å²) in [6.07, 6.45) is 6.09. The number of rotatable bonds is 4. The van der Waals surface area contributed by atoms with E-state index < -0.39 is 0 Å². The van der Waals surface area contributed by atoms with E-state index in [1.165, 1.54) is 6.42 Å². The summed E-state index contributed by atoms with van der Waals surface area (Å²) in [6.45, 7) is 1.87. The first-order valence-electron chi connectivity index (χ1n) is 9.73. The van der Waals surface area contributed by atoms with Gasteiger partial charge in [-0.3, -0.25) is 4.79 Å². The fourth-order valence-electron chi connectivity index (χ4n) is 6.16. The van der Waals surface area contributed by atoms with E-state index in [0.717, 1.165) is 43.5 Å². The molecule has 2 aromatic rings. The van der Waals surface area contributed by atoms with E-state index >= 15 is 0 Å². The molecule has 4 aliphatic rings. The van der Waals surface area contributed by atoms with Crippen molar-refractivity contribution >= 4 is 11.6 Å². The van der Waals surface area contributed by atoms with Gasteiger partial charge >= 0.3 is 0 Å². The van der Waals surface area contributed by atoms with Gasteiger partial charge in [-0.15, -0.1) is 10.2 Å².